The van der Waals surface area contributed by atoms with Crippen LogP contribution in [0.15, 0.2) is 16.5 Å². The number of rotatable bonds is 1. The van der Waals surface area contributed by atoms with E-state index in [0.717, 1.165) is 11.4 Å². The van der Waals surface area contributed by atoms with Gasteiger partial charge in [0.1, 0.15) is 5.52 Å². The number of nitrogen functional groups attached to an aromatic ring is 1. The minimum absolute atomic E-state index is 0.212. The van der Waals surface area contributed by atoms with Crippen molar-refractivity contribution in [2.24, 2.45) is 10.8 Å². The topological polar surface area (TPSA) is 52.0 Å². The van der Waals surface area contributed by atoms with E-state index in [0.29, 0.717) is 22.2 Å². The zero-order valence-electron chi connectivity index (χ0n) is 11.0. The van der Waals surface area contributed by atoms with Gasteiger partial charge < -0.3 is 10.2 Å². The van der Waals surface area contributed by atoms with Crippen molar-refractivity contribution in [1.29, 1.82) is 0 Å². The van der Waals surface area contributed by atoms with Crippen molar-refractivity contribution in [3.05, 3.63) is 23.0 Å². The van der Waals surface area contributed by atoms with Gasteiger partial charge in [0.15, 0.2) is 11.5 Å². The average Bonchev–Trinajstić information content (AvgIpc) is 2.56. The van der Waals surface area contributed by atoms with Crippen LogP contribution in [0, 0.1) is 10.8 Å². The summed E-state index contributed by atoms with van der Waals surface area (Å²) >= 11 is 6.00. The van der Waals surface area contributed by atoms with Gasteiger partial charge in [-0.25, -0.2) is 4.98 Å². The molecular weight excluding hydrogens is 248 g/mol. The van der Waals surface area contributed by atoms with Crippen LogP contribution in [0.4, 0.5) is 5.69 Å². The van der Waals surface area contributed by atoms with Crippen LogP contribution in [0.1, 0.15) is 39.5 Å². The van der Waals surface area contributed by atoms with Gasteiger partial charge in [0, 0.05) is 12.0 Å². The summed E-state index contributed by atoms with van der Waals surface area (Å²) in [6, 6.07) is 3.51. The predicted octanol–water partition coefficient (Wildman–Crippen LogP) is 4.21. The molecule has 1 aromatic carbocycles. The van der Waals surface area contributed by atoms with Gasteiger partial charge in [0.2, 0.25) is 0 Å². The largest absolute Gasteiger partial charge is 0.440 e. The summed E-state index contributed by atoms with van der Waals surface area (Å²) in [6.07, 6.45) is 0. The fraction of sp³-hybridized carbons (Fsp3) is 0.500. The highest BCUT2D eigenvalue weighted by atomic mass is 35.5. The van der Waals surface area contributed by atoms with Crippen LogP contribution in [0.25, 0.3) is 11.1 Å². The Bertz CT molecular complexity index is 590. The average molecular weight is 265 g/mol. The van der Waals surface area contributed by atoms with Crippen LogP contribution < -0.4 is 5.73 Å². The lowest BCUT2D eigenvalue weighted by atomic mass is 10.0. The van der Waals surface area contributed by atoms with Gasteiger partial charge in [0.05, 0.1) is 10.7 Å². The van der Waals surface area contributed by atoms with E-state index in [9.17, 15) is 0 Å². The molecule has 0 bridgehead atoms. The highest BCUT2D eigenvalue weighted by molar-refractivity contribution is 6.33. The summed E-state index contributed by atoms with van der Waals surface area (Å²) in [6.45, 7) is 8.98. The lowest BCUT2D eigenvalue weighted by molar-refractivity contribution is 0.457. The quantitative estimate of drug-likeness (QED) is 0.785. The Morgan fingerprint density at radius 2 is 1.83 bits per heavy atom. The van der Waals surface area contributed by atoms with Gasteiger partial charge in [-0.05, 0) is 16.9 Å². The molecule has 2 N–H and O–H groups in total. The Kier molecular flexibility index (Phi) is 2.11. The number of fused-ring (bicyclic) bond motifs is 1. The minimum Gasteiger partial charge on any atom is -0.440 e. The first-order valence-corrected chi connectivity index (χ1v) is 6.48. The molecule has 18 heavy (non-hydrogen) atoms. The van der Waals surface area contributed by atoms with Gasteiger partial charge in [0.25, 0.3) is 0 Å². The second-order valence-corrected chi connectivity index (χ2v) is 6.68. The zero-order chi connectivity index (χ0) is 13.3. The van der Waals surface area contributed by atoms with Crippen molar-refractivity contribution in [3.8, 4) is 0 Å². The molecule has 1 fully saturated rings. The number of halogens is 1. The van der Waals surface area contributed by atoms with Crippen molar-refractivity contribution in [2.45, 2.75) is 33.6 Å². The standard InChI is InChI=1S/C14H17ClN2O/c1-13(2)11(14(13,3)4)12-17-9-5-7(15)8(16)6-10(9)18-12/h5-6,11H,16H2,1-4H3. The SMILES string of the molecule is CC1(C)C(c2nc3cc(Cl)c(N)cc3o2)C1(C)C. The van der Waals surface area contributed by atoms with Crippen molar-refractivity contribution in [1.82, 2.24) is 4.98 Å². The van der Waals surface area contributed by atoms with Crippen LogP contribution in [-0.2, 0) is 0 Å². The fourth-order valence-corrected chi connectivity index (χ4v) is 3.08. The van der Waals surface area contributed by atoms with E-state index in [2.05, 4.69) is 32.7 Å². The van der Waals surface area contributed by atoms with Crippen LogP contribution in [0.3, 0.4) is 0 Å². The molecule has 0 unspecified atom stereocenters. The third-order valence-electron chi connectivity index (χ3n) is 4.79. The molecule has 96 valence electrons. The molecule has 0 atom stereocenters. The van der Waals surface area contributed by atoms with Gasteiger partial charge in [-0.2, -0.15) is 0 Å². The van der Waals surface area contributed by atoms with Crippen molar-refractivity contribution < 1.29 is 4.42 Å². The monoisotopic (exact) mass is 264 g/mol. The lowest BCUT2D eigenvalue weighted by Gasteiger charge is -2.03. The Labute approximate surface area is 111 Å². The number of hydrogen-bond donors (Lipinski definition) is 1. The Balaban J connectivity index is 2.11. The Morgan fingerprint density at radius 1 is 1.22 bits per heavy atom. The first-order chi connectivity index (χ1) is 8.25. The van der Waals surface area contributed by atoms with Crippen LogP contribution in [0.2, 0.25) is 5.02 Å². The second kappa shape index (κ2) is 3.21. The molecule has 0 saturated heterocycles. The van der Waals surface area contributed by atoms with Gasteiger partial charge in [-0.15, -0.1) is 0 Å². The van der Waals surface area contributed by atoms with Crippen LogP contribution >= 0.6 is 11.6 Å². The van der Waals surface area contributed by atoms with Gasteiger partial charge in [-0.1, -0.05) is 39.3 Å². The number of aromatic nitrogens is 1. The van der Waals surface area contributed by atoms with Gasteiger partial charge >= 0.3 is 0 Å². The summed E-state index contributed by atoms with van der Waals surface area (Å²) in [5, 5.41) is 0.525. The Morgan fingerprint density at radius 3 is 2.39 bits per heavy atom. The molecular formula is C14H17ClN2O. The maximum atomic E-state index is 6.00. The summed E-state index contributed by atoms with van der Waals surface area (Å²) in [5.74, 6) is 1.14. The number of anilines is 1. The molecule has 0 spiro atoms. The molecule has 0 aliphatic heterocycles. The summed E-state index contributed by atoms with van der Waals surface area (Å²) in [7, 11) is 0. The first kappa shape index (κ1) is 11.8. The highest BCUT2D eigenvalue weighted by Gasteiger charge is 2.67. The first-order valence-electron chi connectivity index (χ1n) is 6.10. The third-order valence-corrected chi connectivity index (χ3v) is 5.12. The summed E-state index contributed by atoms with van der Waals surface area (Å²) in [5.41, 5.74) is 8.22. The molecule has 1 aliphatic rings. The maximum absolute atomic E-state index is 6.00. The zero-order valence-corrected chi connectivity index (χ0v) is 11.8. The minimum atomic E-state index is 0.212. The second-order valence-electron chi connectivity index (χ2n) is 6.27. The summed E-state index contributed by atoms with van der Waals surface area (Å²) < 4.78 is 5.85. The molecule has 1 aromatic heterocycles. The third kappa shape index (κ3) is 1.34. The van der Waals surface area contributed by atoms with Crippen molar-refractivity contribution >= 4 is 28.4 Å². The van der Waals surface area contributed by atoms with E-state index in [-0.39, 0.29) is 10.8 Å². The molecule has 4 heteroatoms. The molecule has 3 nitrogen and oxygen atoms in total. The molecule has 1 saturated carbocycles. The number of nitrogens with zero attached hydrogens (tertiary/aromatic N) is 1. The van der Waals surface area contributed by atoms with E-state index in [4.69, 9.17) is 21.8 Å². The van der Waals surface area contributed by atoms with E-state index < -0.39 is 0 Å². The fourth-order valence-electron chi connectivity index (χ4n) is 2.92. The van der Waals surface area contributed by atoms with E-state index in [1.165, 1.54) is 0 Å². The number of oxazole rings is 1. The maximum Gasteiger partial charge on any atom is 0.199 e. The number of nitrogens with two attached hydrogens (primary N) is 1. The van der Waals surface area contributed by atoms with Crippen LogP contribution in [-0.4, -0.2) is 4.98 Å². The van der Waals surface area contributed by atoms with E-state index in [1.807, 2.05) is 0 Å². The van der Waals surface area contributed by atoms with Gasteiger partial charge in [-0.3, -0.25) is 0 Å². The molecule has 1 aliphatic carbocycles. The smallest absolute Gasteiger partial charge is 0.199 e. The molecule has 0 radical (unpaired) electrons. The van der Waals surface area contributed by atoms with Crippen molar-refractivity contribution in [2.75, 3.05) is 5.73 Å². The van der Waals surface area contributed by atoms with E-state index in [1.54, 1.807) is 12.1 Å². The summed E-state index contributed by atoms with van der Waals surface area (Å²) in [4.78, 5) is 4.56. The molecule has 2 aromatic rings. The van der Waals surface area contributed by atoms with Crippen LogP contribution in [0.5, 0.6) is 0 Å². The van der Waals surface area contributed by atoms with E-state index >= 15 is 0 Å². The molecule has 0 amide bonds. The lowest BCUT2D eigenvalue weighted by Crippen LogP contribution is -1.95. The predicted molar refractivity (Wildman–Crippen MR) is 73.7 cm³/mol. The highest BCUT2D eigenvalue weighted by Crippen LogP contribution is 2.73. The number of benzene rings is 1. The Hall–Kier alpha value is -1.22. The molecule has 3 rings (SSSR count). The number of hydrogen-bond acceptors (Lipinski definition) is 3. The normalized spacial score (nSPS) is 21.4. The van der Waals surface area contributed by atoms with Crippen molar-refractivity contribution in [3.63, 3.8) is 0 Å². The molecule has 1 heterocycles.